The van der Waals surface area contributed by atoms with Gasteiger partial charge in [0.15, 0.2) is 5.78 Å². The zero-order valence-electron chi connectivity index (χ0n) is 17.9. The standard InChI is InChI=1S/C26H33NO2/c1-4-26(5-2,6-3)25(29)27-18-17-22(20-13-9-7-10-14-20)19-23(27)24(28)21-15-11-8-12-16-21/h7-16,22-23H,4-6,17-19H2,1-3H3/t22-,23+/m1/s1. The minimum Gasteiger partial charge on any atom is -0.332 e. The molecule has 2 aromatic carbocycles. The summed E-state index contributed by atoms with van der Waals surface area (Å²) in [5.74, 6) is 0.528. The molecular formula is C26H33NO2. The van der Waals surface area contributed by atoms with Crippen LogP contribution in [0.2, 0.25) is 0 Å². The van der Waals surface area contributed by atoms with Crippen LogP contribution in [0.1, 0.15) is 74.7 Å². The molecule has 1 amide bonds. The number of amides is 1. The van der Waals surface area contributed by atoms with Crippen LogP contribution in [0, 0.1) is 5.41 Å². The highest BCUT2D eigenvalue weighted by Crippen LogP contribution is 2.39. The van der Waals surface area contributed by atoms with E-state index in [0.29, 0.717) is 24.4 Å². The van der Waals surface area contributed by atoms with Crippen LogP contribution in [0.15, 0.2) is 60.7 Å². The lowest BCUT2D eigenvalue weighted by Crippen LogP contribution is -2.54. The molecule has 0 unspecified atom stereocenters. The fourth-order valence-corrected chi connectivity index (χ4v) is 4.79. The Hall–Kier alpha value is -2.42. The van der Waals surface area contributed by atoms with E-state index in [1.807, 2.05) is 41.3 Å². The van der Waals surface area contributed by atoms with Crippen molar-refractivity contribution in [1.29, 1.82) is 0 Å². The molecule has 1 aliphatic rings. The third-order valence-electron chi connectivity index (χ3n) is 6.98. The minimum absolute atomic E-state index is 0.0665. The van der Waals surface area contributed by atoms with Crippen LogP contribution in [0.4, 0.5) is 0 Å². The number of likely N-dealkylation sites (tertiary alicyclic amines) is 1. The SMILES string of the molecule is CCC(CC)(CC)C(=O)N1CC[C@@H](c2ccccc2)C[C@H]1C(=O)c1ccccc1. The summed E-state index contributed by atoms with van der Waals surface area (Å²) in [4.78, 5) is 29.1. The predicted molar refractivity (Wildman–Crippen MR) is 118 cm³/mol. The van der Waals surface area contributed by atoms with Gasteiger partial charge < -0.3 is 4.90 Å². The Morgan fingerprint density at radius 1 is 0.897 bits per heavy atom. The molecule has 0 radical (unpaired) electrons. The van der Waals surface area contributed by atoms with E-state index in [-0.39, 0.29) is 17.1 Å². The lowest BCUT2D eigenvalue weighted by Gasteiger charge is -2.44. The molecule has 2 aromatic rings. The smallest absolute Gasteiger partial charge is 0.229 e. The van der Waals surface area contributed by atoms with Gasteiger partial charge in [0.05, 0.1) is 6.04 Å². The molecular weight excluding hydrogens is 358 g/mol. The normalized spacial score (nSPS) is 19.8. The molecule has 2 atom stereocenters. The Morgan fingerprint density at radius 3 is 2.00 bits per heavy atom. The second kappa shape index (κ2) is 9.39. The van der Waals surface area contributed by atoms with Gasteiger partial charge in [0.25, 0.3) is 0 Å². The number of hydrogen-bond donors (Lipinski definition) is 0. The van der Waals surface area contributed by atoms with Gasteiger partial charge in [-0.05, 0) is 43.6 Å². The molecule has 154 valence electrons. The first-order valence-electron chi connectivity index (χ1n) is 11.0. The summed E-state index contributed by atoms with van der Waals surface area (Å²) in [7, 11) is 0. The van der Waals surface area contributed by atoms with Gasteiger partial charge in [-0.3, -0.25) is 9.59 Å². The molecule has 1 saturated heterocycles. The zero-order chi connectivity index (χ0) is 20.9. The van der Waals surface area contributed by atoms with Crippen molar-refractivity contribution in [3.63, 3.8) is 0 Å². The molecule has 3 heteroatoms. The Labute approximate surface area is 175 Å². The maximum Gasteiger partial charge on any atom is 0.229 e. The molecule has 1 heterocycles. The van der Waals surface area contributed by atoms with E-state index >= 15 is 0 Å². The van der Waals surface area contributed by atoms with Gasteiger partial charge >= 0.3 is 0 Å². The highest BCUT2D eigenvalue weighted by molar-refractivity contribution is 6.02. The Balaban J connectivity index is 1.94. The van der Waals surface area contributed by atoms with Crippen molar-refractivity contribution in [2.45, 2.75) is 64.8 Å². The fraction of sp³-hybridized carbons (Fsp3) is 0.462. The van der Waals surface area contributed by atoms with E-state index in [0.717, 1.165) is 25.7 Å². The van der Waals surface area contributed by atoms with E-state index in [1.54, 1.807) is 0 Å². The van der Waals surface area contributed by atoms with Gasteiger partial charge in [0.1, 0.15) is 0 Å². The summed E-state index contributed by atoms with van der Waals surface area (Å²) in [5, 5.41) is 0. The van der Waals surface area contributed by atoms with Crippen LogP contribution < -0.4 is 0 Å². The topological polar surface area (TPSA) is 37.4 Å². The number of hydrogen-bond acceptors (Lipinski definition) is 2. The number of nitrogens with zero attached hydrogens (tertiary/aromatic N) is 1. The highest BCUT2D eigenvalue weighted by Gasteiger charge is 2.43. The number of benzene rings is 2. The quantitative estimate of drug-likeness (QED) is 0.554. The number of piperidine rings is 1. The zero-order valence-corrected chi connectivity index (χ0v) is 17.9. The first-order valence-corrected chi connectivity index (χ1v) is 11.0. The molecule has 0 N–H and O–H groups in total. The highest BCUT2D eigenvalue weighted by atomic mass is 16.2. The van der Waals surface area contributed by atoms with Crippen LogP contribution in [0.3, 0.4) is 0 Å². The molecule has 0 aliphatic carbocycles. The first-order chi connectivity index (χ1) is 14.1. The number of carbonyl (C=O) groups excluding carboxylic acids is 2. The fourth-order valence-electron chi connectivity index (χ4n) is 4.79. The second-order valence-corrected chi connectivity index (χ2v) is 8.22. The van der Waals surface area contributed by atoms with Crippen molar-refractivity contribution in [2.75, 3.05) is 6.54 Å². The van der Waals surface area contributed by atoms with E-state index in [4.69, 9.17) is 0 Å². The van der Waals surface area contributed by atoms with Crippen LogP contribution in [0.25, 0.3) is 0 Å². The maximum absolute atomic E-state index is 13.7. The van der Waals surface area contributed by atoms with E-state index in [9.17, 15) is 9.59 Å². The Bertz CT molecular complexity index is 803. The van der Waals surface area contributed by atoms with Crippen molar-refractivity contribution in [3.8, 4) is 0 Å². The summed E-state index contributed by atoms with van der Waals surface area (Å²) in [6.45, 7) is 6.92. The van der Waals surface area contributed by atoms with Gasteiger partial charge in [0.2, 0.25) is 5.91 Å². The summed E-state index contributed by atoms with van der Waals surface area (Å²) >= 11 is 0. The minimum atomic E-state index is -0.395. The second-order valence-electron chi connectivity index (χ2n) is 8.22. The molecule has 0 bridgehead atoms. The third-order valence-corrected chi connectivity index (χ3v) is 6.98. The largest absolute Gasteiger partial charge is 0.332 e. The summed E-state index contributed by atoms with van der Waals surface area (Å²) in [6, 6.07) is 19.4. The maximum atomic E-state index is 13.7. The predicted octanol–water partition coefficient (Wildman–Crippen LogP) is 5.86. The van der Waals surface area contributed by atoms with Crippen LogP contribution >= 0.6 is 0 Å². The number of carbonyl (C=O) groups is 2. The third kappa shape index (κ3) is 4.29. The molecule has 3 nitrogen and oxygen atoms in total. The van der Waals surface area contributed by atoms with Crippen LogP contribution in [-0.4, -0.2) is 29.2 Å². The van der Waals surface area contributed by atoms with Crippen molar-refractivity contribution in [3.05, 3.63) is 71.8 Å². The molecule has 0 saturated carbocycles. The molecule has 1 aliphatic heterocycles. The molecule has 29 heavy (non-hydrogen) atoms. The van der Waals surface area contributed by atoms with Crippen molar-refractivity contribution in [1.82, 2.24) is 4.90 Å². The number of Topliss-reactive ketones (excluding diaryl/α,β-unsaturated/α-hetero) is 1. The molecule has 0 aromatic heterocycles. The summed E-state index contributed by atoms with van der Waals surface area (Å²) < 4.78 is 0. The number of rotatable bonds is 7. The Kier molecular flexibility index (Phi) is 6.89. The van der Waals surface area contributed by atoms with Gasteiger partial charge in [-0.15, -0.1) is 0 Å². The van der Waals surface area contributed by atoms with E-state index in [2.05, 4.69) is 45.0 Å². The lowest BCUT2D eigenvalue weighted by atomic mass is 9.76. The average Bonchev–Trinajstić information content (AvgIpc) is 2.80. The van der Waals surface area contributed by atoms with Crippen molar-refractivity contribution < 1.29 is 9.59 Å². The monoisotopic (exact) mass is 391 g/mol. The van der Waals surface area contributed by atoms with Gasteiger partial charge in [-0.1, -0.05) is 81.4 Å². The van der Waals surface area contributed by atoms with Crippen molar-refractivity contribution in [2.24, 2.45) is 5.41 Å². The van der Waals surface area contributed by atoms with Crippen molar-refractivity contribution >= 4 is 11.7 Å². The average molecular weight is 392 g/mol. The van der Waals surface area contributed by atoms with E-state index in [1.165, 1.54) is 5.56 Å². The number of ketones is 1. The first kappa shape index (κ1) is 21.3. The van der Waals surface area contributed by atoms with Gasteiger partial charge in [0, 0.05) is 17.5 Å². The van der Waals surface area contributed by atoms with E-state index < -0.39 is 6.04 Å². The lowest BCUT2D eigenvalue weighted by molar-refractivity contribution is -0.146. The van der Waals surface area contributed by atoms with Gasteiger partial charge in [-0.2, -0.15) is 0 Å². The molecule has 3 rings (SSSR count). The Morgan fingerprint density at radius 2 is 1.45 bits per heavy atom. The van der Waals surface area contributed by atoms with Crippen LogP contribution in [-0.2, 0) is 4.79 Å². The molecule has 0 spiro atoms. The molecule has 1 fully saturated rings. The summed E-state index contributed by atoms with van der Waals surface area (Å²) in [5.41, 5.74) is 1.59. The van der Waals surface area contributed by atoms with Crippen LogP contribution in [0.5, 0.6) is 0 Å². The summed E-state index contributed by atoms with van der Waals surface area (Å²) in [6.07, 6.45) is 4.02. The van der Waals surface area contributed by atoms with Gasteiger partial charge in [-0.25, -0.2) is 0 Å².